The highest BCUT2D eigenvalue weighted by Crippen LogP contribution is 2.54. The number of hydrogen-bond acceptors (Lipinski definition) is 9. The predicted molar refractivity (Wildman–Crippen MR) is 126 cm³/mol. The van der Waals surface area contributed by atoms with Crippen molar-refractivity contribution in [3.05, 3.63) is 46.5 Å². The van der Waals surface area contributed by atoms with Gasteiger partial charge in [0.2, 0.25) is 5.82 Å². The van der Waals surface area contributed by atoms with Gasteiger partial charge in [0.25, 0.3) is 11.6 Å². The van der Waals surface area contributed by atoms with Gasteiger partial charge in [-0.25, -0.2) is 4.98 Å². The second kappa shape index (κ2) is 8.35. The van der Waals surface area contributed by atoms with E-state index in [2.05, 4.69) is 19.9 Å². The molecule has 2 aromatic heterocycles. The molecule has 10 heteroatoms. The number of piperidine rings is 1. The second-order valence-electron chi connectivity index (χ2n) is 9.35. The van der Waals surface area contributed by atoms with Gasteiger partial charge in [-0.15, -0.1) is 0 Å². The Bertz CT molecular complexity index is 1210. The molecule has 2 saturated heterocycles. The summed E-state index contributed by atoms with van der Waals surface area (Å²) in [4.78, 5) is 24.8. The van der Waals surface area contributed by atoms with E-state index in [9.17, 15) is 10.1 Å². The van der Waals surface area contributed by atoms with Crippen molar-refractivity contribution in [2.24, 2.45) is 5.41 Å². The van der Waals surface area contributed by atoms with E-state index in [0.29, 0.717) is 36.0 Å². The molecule has 6 rings (SSSR count). The number of ether oxygens (including phenoxy) is 1. The molecule has 1 aromatic carbocycles. The lowest BCUT2D eigenvalue weighted by molar-refractivity contribution is -0.384. The number of pyridine rings is 1. The Balaban J connectivity index is 1.31. The minimum absolute atomic E-state index is 0.0639. The molecule has 0 unspecified atom stereocenters. The lowest BCUT2D eigenvalue weighted by Gasteiger charge is -2.34. The Morgan fingerprint density at radius 2 is 1.74 bits per heavy atom. The van der Waals surface area contributed by atoms with Crippen molar-refractivity contribution in [2.75, 3.05) is 49.2 Å². The molecule has 0 atom stereocenters. The maximum absolute atomic E-state index is 11.5. The molecule has 34 heavy (non-hydrogen) atoms. The molecule has 3 aliphatic rings. The third-order valence-electron chi connectivity index (χ3n) is 7.27. The summed E-state index contributed by atoms with van der Waals surface area (Å²) in [7, 11) is 0. The van der Waals surface area contributed by atoms with Crippen LogP contribution in [0.25, 0.3) is 23.0 Å². The van der Waals surface area contributed by atoms with E-state index >= 15 is 0 Å². The first-order chi connectivity index (χ1) is 16.6. The summed E-state index contributed by atoms with van der Waals surface area (Å²) in [6.45, 7) is 4.68. The van der Waals surface area contributed by atoms with Crippen molar-refractivity contribution in [2.45, 2.75) is 25.7 Å². The highest BCUT2D eigenvalue weighted by molar-refractivity contribution is 5.77. The number of rotatable bonds is 5. The minimum atomic E-state index is -0.359. The third kappa shape index (κ3) is 3.98. The van der Waals surface area contributed by atoms with Gasteiger partial charge < -0.3 is 19.1 Å². The van der Waals surface area contributed by atoms with Crippen LogP contribution in [0.5, 0.6) is 0 Å². The summed E-state index contributed by atoms with van der Waals surface area (Å²) in [5, 5.41) is 15.7. The van der Waals surface area contributed by atoms with Crippen LogP contribution in [0.1, 0.15) is 25.7 Å². The van der Waals surface area contributed by atoms with Gasteiger partial charge in [-0.3, -0.25) is 10.1 Å². The Kier molecular flexibility index (Phi) is 5.17. The average Bonchev–Trinajstić information content (AvgIpc) is 3.45. The summed E-state index contributed by atoms with van der Waals surface area (Å²) in [6.07, 6.45) is 4.83. The van der Waals surface area contributed by atoms with Crippen molar-refractivity contribution < 1.29 is 14.2 Å². The number of anilines is 2. The molecule has 1 saturated carbocycles. The van der Waals surface area contributed by atoms with Crippen LogP contribution >= 0.6 is 0 Å². The standard InChI is InChI=1S/C24H26N6O4/c31-30(32)17-4-5-18(20(16-17)28-10-8-24(6-7-24)9-11-28)22-26-23(34-27-22)19-2-1-3-21(25-19)29-12-14-33-15-13-29/h1-5,16H,6-15H2. The van der Waals surface area contributed by atoms with Crippen LogP contribution in [0.15, 0.2) is 40.9 Å². The molecule has 0 N–H and O–H groups in total. The molecule has 0 bridgehead atoms. The lowest BCUT2D eigenvalue weighted by atomic mass is 9.93. The highest BCUT2D eigenvalue weighted by Gasteiger charge is 2.44. The van der Waals surface area contributed by atoms with E-state index in [0.717, 1.165) is 56.1 Å². The van der Waals surface area contributed by atoms with Crippen LogP contribution in [-0.4, -0.2) is 59.4 Å². The zero-order valence-electron chi connectivity index (χ0n) is 18.9. The number of aromatic nitrogens is 3. The SMILES string of the molecule is O=[N+]([O-])c1ccc(-c2noc(-c3cccc(N4CCOCC4)n3)n2)c(N2CCC3(CC2)CC3)c1. The quantitative estimate of drug-likeness (QED) is 0.411. The number of nitro benzene ring substituents is 1. The fourth-order valence-corrected chi connectivity index (χ4v) is 4.93. The minimum Gasteiger partial charge on any atom is -0.378 e. The van der Waals surface area contributed by atoms with Crippen molar-refractivity contribution >= 4 is 17.2 Å². The zero-order chi connectivity index (χ0) is 23.1. The first-order valence-electron chi connectivity index (χ1n) is 11.8. The Morgan fingerprint density at radius 1 is 0.941 bits per heavy atom. The zero-order valence-corrected chi connectivity index (χ0v) is 18.9. The number of morpholine rings is 1. The second-order valence-corrected chi connectivity index (χ2v) is 9.35. The monoisotopic (exact) mass is 462 g/mol. The van der Waals surface area contributed by atoms with Crippen LogP contribution in [0.2, 0.25) is 0 Å². The first kappa shape index (κ1) is 21.0. The first-order valence-corrected chi connectivity index (χ1v) is 11.8. The van der Waals surface area contributed by atoms with Gasteiger partial charge in [-0.2, -0.15) is 4.98 Å². The molecule has 1 aliphatic carbocycles. The van der Waals surface area contributed by atoms with Crippen LogP contribution < -0.4 is 9.80 Å². The molecular formula is C24H26N6O4. The van der Waals surface area contributed by atoms with Crippen LogP contribution in [0.3, 0.4) is 0 Å². The smallest absolute Gasteiger partial charge is 0.276 e. The summed E-state index contributed by atoms with van der Waals surface area (Å²) in [5.41, 5.74) is 2.69. The van der Waals surface area contributed by atoms with E-state index in [1.807, 2.05) is 18.2 Å². The van der Waals surface area contributed by atoms with Gasteiger partial charge in [0.1, 0.15) is 11.5 Å². The third-order valence-corrected chi connectivity index (χ3v) is 7.27. The molecule has 3 fully saturated rings. The van der Waals surface area contributed by atoms with Crippen molar-refractivity contribution in [1.82, 2.24) is 15.1 Å². The Morgan fingerprint density at radius 3 is 2.47 bits per heavy atom. The Hall–Kier alpha value is -3.53. The Labute approximate surface area is 196 Å². The molecule has 1 spiro atoms. The largest absolute Gasteiger partial charge is 0.378 e. The van der Waals surface area contributed by atoms with E-state index in [-0.39, 0.29) is 10.6 Å². The number of non-ortho nitro benzene ring substituents is 1. The maximum Gasteiger partial charge on any atom is 0.276 e. The van der Waals surface area contributed by atoms with E-state index < -0.39 is 0 Å². The molecule has 0 radical (unpaired) electrons. The van der Waals surface area contributed by atoms with Crippen LogP contribution in [0, 0.1) is 15.5 Å². The fourth-order valence-electron chi connectivity index (χ4n) is 4.93. The van der Waals surface area contributed by atoms with Gasteiger partial charge in [0, 0.05) is 43.9 Å². The van der Waals surface area contributed by atoms with E-state index in [4.69, 9.17) is 14.2 Å². The van der Waals surface area contributed by atoms with Gasteiger partial charge in [0.15, 0.2) is 0 Å². The lowest BCUT2D eigenvalue weighted by Crippen LogP contribution is -2.36. The summed E-state index contributed by atoms with van der Waals surface area (Å²) in [5.74, 6) is 1.58. The fraction of sp³-hybridized carbons (Fsp3) is 0.458. The van der Waals surface area contributed by atoms with Crippen molar-refractivity contribution in [1.29, 1.82) is 0 Å². The topological polar surface area (TPSA) is 111 Å². The summed E-state index contributed by atoms with van der Waals surface area (Å²) >= 11 is 0. The molecule has 4 heterocycles. The van der Waals surface area contributed by atoms with E-state index in [1.54, 1.807) is 12.1 Å². The van der Waals surface area contributed by atoms with Crippen LogP contribution in [0.4, 0.5) is 17.2 Å². The molecule has 10 nitrogen and oxygen atoms in total. The number of nitro groups is 1. The van der Waals surface area contributed by atoms with Crippen molar-refractivity contribution in [3.8, 4) is 23.0 Å². The molecule has 0 amide bonds. The summed E-state index contributed by atoms with van der Waals surface area (Å²) < 4.78 is 11.0. The van der Waals surface area contributed by atoms with Gasteiger partial charge >= 0.3 is 0 Å². The molecule has 176 valence electrons. The van der Waals surface area contributed by atoms with Crippen LogP contribution in [-0.2, 0) is 4.74 Å². The molecule has 3 aromatic rings. The molecule has 2 aliphatic heterocycles. The highest BCUT2D eigenvalue weighted by atomic mass is 16.6. The number of hydrogen-bond donors (Lipinski definition) is 0. The number of nitrogens with zero attached hydrogens (tertiary/aromatic N) is 6. The maximum atomic E-state index is 11.5. The average molecular weight is 463 g/mol. The van der Waals surface area contributed by atoms with Gasteiger partial charge in [-0.1, -0.05) is 11.2 Å². The summed E-state index contributed by atoms with van der Waals surface area (Å²) in [6, 6.07) is 10.6. The van der Waals surface area contributed by atoms with Crippen molar-refractivity contribution in [3.63, 3.8) is 0 Å². The van der Waals surface area contributed by atoms with E-state index in [1.165, 1.54) is 18.9 Å². The molecular weight excluding hydrogens is 436 g/mol. The van der Waals surface area contributed by atoms with Gasteiger partial charge in [-0.05, 0) is 49.3 Å². The number of benzene rings is 1. The van der Waals surface area contributed by atoms with Gasteiger partial charge in [0.05, 0.1) is 23.8 Å². The normalized spacial score (nSPS) is 19.4. The predicted octanol–water partition coefficient (Wildman–Crippen LogP) is 3.92.